The zero-order valence-electron chi connectivity index (χ0n) is 23.5. The number of hydrogen-bond acceptors (Lipinski definition) is 6. The summed E-state index contributed by atoms with van der Waals surface area (Å²) in [6, 6.07) is 11.0. The molecule has 0 fully saturated rings. The first-order valence-electron chi connectivity index (χ1n) is 13.6. The number of aromatic amines is 1. The molecule has 0 bridgehead atoms. The van der Waals surface area contributed by atoms with Gasteiger partial charge in [0.05, 0.1) is 12.5 Å². The first-order valence-corrected chi connectivity index (χ1v) is 13.6. The summed E-state index contributed by atoms with van der Waals surface area (Å²) in [5, 5.41) is 27.5. The molecule has 1 aromatic heterocycles. The molecule has 0 saturated heterocycles. The van der Waals surface area contributed by atoms with Crippen molar-refractivity contribution in [1.29, 1.82) is 0 Å². The van der Waals surface area contributed by atoms with Crippen LogP contribution in [0.5, 0.6) is 0 Å². The van der Waals surface area contributed by atoms with Crippen molar-refractivity contribution in [3.63, 3.8) is 0 Å². The van der Waals surface area contributed by atoms with Gasteiger partial charge in [0.15, 0.2) is 0 Å². The van der Waals surface area contributed by atoms with Gasteiger partial charge in [-0.05, 0) is 29.5 Å². The number of fused-ring (bicyclic) bond motifs is 1. The van der Waals surface area contributed by atoms with Crippen LogP contribution in [0.1, 0.15) is 37.8 Å². The van der Waals surface area contributed by atoms with Crippen molar-refractivity contribution >= 4 is 40.6 Å². The number of para-hydroxylation sites is 1. The van der Waals surface area contributed by atoms with Gasteiger partial charge in [-0.15, -0.1) is 0 Å². The molecule has 12 heteroatoms. The molecule has 0 aliphatic rings. The zero-order chi connectivity index (χ0) is 30.8. The summed E-state index contributed by atoms with van der Waals surface area (Å²) in [5.74, 6) is -4.92. The fraction of sp³-hybridized carbons (Fsp3) is 0.367. The Morgan fingerprint density at radius 3 is 2.02 bits per heavy atom. The molecule has 224 valence electrons. The van der Waals surface area contributed by atoms with E-state index < -0.39 is 60.2 Å². The molecule has 2 aromatic carbocycles. The van der Waals surface area contributed by atoms with Gasteiger partial charge < -0.3 is 36.9 Å². The van der Waals surface area contributed by atoms with E-state index in [0.717, 1.165) is 10.9 Å². The quantitative estimate of drug-likeness (QED) is 0.140. The number of hydrogen-bond donors (Lipinski definition) is 7. The fourth-order valence-electron chi connectivity index (χ4n) is 4.60. The van der Waals surface area contributed by atoms with Crippen molar-refractivity contribution in [2.45, 2.75) is 63.7 Å². The molecule has 3 amide bonds. The summed E-state index contributed by atoms with van der Waals surface area (Å²) in [4.78, 5) is 66.1. The Labute approximate surface area is 243 Å². The van der Waals surface area contributed by atoms with Crippen molar-refractivity contribution < 1.29 is 34.2 Å². The lowest BCUT2D eigenvalue weighted by molar-refractivity contribution is -0.143. The Morgan fingerprint density at radius 1 is 0.786 bits per heavy atom. The van der Waals surface area contributed by atoms with Crippen LogP contribution in [0.3, 0.4) is 0 Å². The number of aliphatic carboxylic acids is 2. The molecule has 4 atom stereocenters. The van der Waals surface area contributed by atoms with Crippen LogP contribution in [0.25, 0.3) is 10.9 Å². The van der Waals surface area contributed by atoms with Gasteiger partial charge in [-0.3, -0.25) is 19.2 Å². The number of H-pyrrole nitrogens is 1. The minimum atomic E-state index is -1.51. The van der Waals surface area contributed by atoms with Gasteiger partial charge >= 0.3 is 11.9 Å². The van der Waals surface area contributed by atoms with Gasteiger partial charge in [0.2, 0.25) is 17.7 Å². The lowest BCUT2D eigenvalue weighted by atomic mass is 10.0. The van der Waals surface area contributed by atoms with Crippen LogP contribution in [-0.4, -0.2) is 69.0 Å². The third-order valence-corrected chi connectivity index (χ3v) is 6.70. The van der Waals surface area contributed by atoms with Crippen LogP contribution >= 0.6 is 0 Å². The van der Waals surface area contributed by atoms with Crippen LogP contribution in [0.4, 0.5) is 0 Å². The average molecular weight is 580 g/mol. The molecule has 1 heterocycles. The summed E-state index contributed by atoms with van der Waals surface area (Å²) < 4.78 is 0. The molecule has 0 aliphatic heterocycles. The molecule has 8 N–H and O–H groups in total. The van der Waals surface area contributed by atoms with E-state index in [0.29, 0.717) is 17.5 Å². The lowest BCUT2D eigenvalue weighted by Gasteiger charge is -2.25. The van der Waals surface area contributed by atoms with E-state index in [1.807, 2.05) is 38.1 Å². The van der Waals surface area contributed by atoms with Gasteiger partial charge in [0, 0.05) is 29.9 Å². The van der Waals surface area contributed by atoms with E-state index in [1.165, 1.54) is 0 Å². The number of aromatic nitrogens is 1. The second kappa shape index (κ2) is 14.8. The highest BCUT2D eigenvalue weighted by Crippen LogP contribution is 2.19. The summed E-state index contributed by atoms with van der Waals surface area (Å²) in [6.45, 7) is 3.73. The Morgan fingerprint density at radius 2 is 1.38 bits per heavy atom. The highest BCUT2D eigenvalue weighted by atomic mass is 16.4. The van der Waals surface area contributed by atoms with Crippen molar-refractivity contribution in [2.75, 3.05) is 0 Å². The maximum Gasteiger partial charge on any atom is 0.326 e. The Bertz CT molecular complexity index is 1410. The topological polar surface area (TPSA) is 204 Å². The van der Waals surface area contributed by atoms with Gasteiger partial charge in [0.25, 0.3) is 0 Å². The maximum absolute atomic E-state index is 13.5. The number of nitrogens with one attached hydrogen (secondary N) is 4. The molecular weight excluding hydrogens is 542 g/mol. The van der Waals surface area contributed by atoms with Crippen LogP contribution in [0.15, 0.2) is 60.8 Å². The largest absolute Gasteiger partial charge is 0.481 e. The monoisotopic (exact) mass is 579 g/mol. The van der Waals surface area contributed by atoms with Gasteiger partial charge in [-0.25, -0.2) is 4.79 Å². The molecule has 3 rings (SSSR count). The molecule has 4 unspecified atom stereocenters. The van der Waals surface area contributed by atoms with Crippen molar-refractivity contribution in [1.82, 2.24) is 20.9 Å². The molecule has 0 saturated carbocycles. The van der Waals surface area contributed by atoms with Crippen LogP contribution in [0, 0.1) is 5.92 Å². The third kappa shape index (κ3) is 9.16. The smallest absolute Gasteiger partial charge is 0.326 e. The summed E-state index contributed by atoms with van der Waals surface area (Å²) >= 11 is 0. The predicted octanol–water partition coefficient (Wildman–Crippen LogP) is 1.34. The molecule has 42 heavy (non-hydrogen) atoms. The number of amides is 3. The summed E-state index contributed by atoms with van der Waals surface area (Å²) in [6.07, 6.45) is 1.21. The van der Waals surface area contributed by atoms with Gasteiger partial charge in [-0.1, -0.05) is 62.4 Å². The number of carboxylic acid groups (broad SMARTS) is 2. The predicted molar refractivity (Wildman–Crippen MR) is 155 cm³/mol. The molecular formula is C30H37N5O7. The summed E-state index contributed by atoms with van der Waals surface area (Å²) in [7, 11) is 0. The standard InChI is InChI=1S/C30H37N5O7/c1-17(2)12-21(31)27(38)33-24(15-26(36)37)29(40)34-23(13-18-8-4-3-5-9-18)28(39)35-25(30(41)42)14-19-16-32-22-11-7-6-10-20(19)22/h3-11,16-17,21,23-25,32H,12-15,31H2,1-2H3,(H,33,38)(H,34,40)(H,35,39)(H,36,37)(H,41,42). The maximum atomic E-state index is 13.5. The van der Waals surface area contributed by atoms with Gasteiger partial charge in [-0.2, -0.15) is 0 Å². The SMILES string of the molecule is CC(C)CC(N)C(=O)NC(CC(=O)O)C(=O)NC(Cc1ccccc1)C(=O)NC(Cc1c[nH]c2ccccc12)C(=O)O. The van der Waals surface area contributed by atoms with Crippen molar-refractivity contribution in [2.24, 2.45) is 11.7 Å². The van der Waals surface area contributed by atoms with Crippen LogP contribution in [-0.2, 0) is 36.8 Å². The summed E-state index contributed by atoms with van der Waals surface area (Å²) in [5.41, 5.74) is 8.08. The number of nitrogens with two attached hydrogens (primary N) is 1. The minimum absolute atomic E-state index is 0.0154. The van der Waals surface area contributed by atoms with E-state index >= 15 is 0 Å². The highest BCUT2D eigenvalue weighted by Gasteiger charge is 2.32. The minimum Gasteiger partial charge on any atom is -0.481 e. The lowest BCUT2D eigenvalue weighted by Crippen LogP contribution is -2.58. The second-order valence-corrected chi connectivity index (χ2v) is 10.6. The van der Waals surface area contributed by atoms with Crippen molar-refractivity contribution in [3.05, 3.63) is 71.9 Å². The number of carboxylic acids is 2. The molecule has 0 radical (unpaired) electrons. The van der Waals surface area contributed by atoms with E-state index in [1.54, 1.807) is 36.5 Å². The Balaban J connectivity index is 1.81. The first-order chi connectivity index (χ1) is 19.9. The number of benzene rings is 2. The average Bonchev–Trinajstić information content (AvgIpc) is 3.34. The molecule has 0 spiro atoms. The number of carbonyl (C=O) groups excluding carboxylic acids is 3. The highest BCUT2D eigenvalue weighted by molar-refractivity contribution is 5.96. The molecule has 12 nitrogen and oxygen atoms in total. The van der Waals surface area contributed by atoms with E-state index in [2.05, 4.69) is 20.9 Å². The Kier molecular flexibility index (Phi) is 11.2. The molecule has 3 aromatic rings. The van der Waals surface area contributed by atoms with Crippen LogP contribution in [0.2, 0.25) is 0 Å². The zero-order valence-corrected chi connectivity index (χ0v) is 23.5. The van der Waals surface area contributed by atoms with Gasteiger partial charge in [0.1, 0.15) is 18.1 Å². The van der Waals surface area contributed by atoms with E-state index in [9.17, 15) is 34.2 Å². The Hall–Kier alpha value is -4.71. The second-order valence-electron chi connectivity index (χ2n) is 10.6. The number of rotatable bonds is 15. The van der Waals surface area contributed by atoms with Crippen LogP contribution < -0.4 is 21.7 Å². The number of carbonyl (C=O) groups is 5. The normalized spacial score (nSPS) is 14.0. The van der Waals surface area contributed by atoms with E-state index in [-0.39, 0.29) is 18.8 Å². The van der Waals surface area contributed by atoms with E-state index in [4.69, 9.17) is 5.73 Å². The fourth-order valence-corrected chi connectivity index (χ4v) is 4.60. The van der Waals surface area contributed by atoms with Crippen molar-refractivity contribution in [3.8, 4) is 0 Å². The first kappa shape index (κ1) is 31.8. The third-order valence-electron chi connectivity index (χ3n) is 6.70. The molecule has 0 aliphatic carbocycles.